The van der Waals surface area contributed by atoms with E-state index in [9.17, 15) is 9.18 Å². The number of hydrogen-bond acceptors (Lipinski definition) is 7. The van der Waals surface area contributed by atoms with Gasteiger partial charge in [-0.1, -0.05) is 11.6 Å². The van der Waals surface area contributed by atoms with Crippen LogP contribution in [-0.2, 0) is 4.74 Å². The molecule has 0 radical (unpaired) electrons. The van der Waals surface area contributed by atoms with Crippen molar-refractivity contribution in [3.63, 3.8) is 0 Å². The third-order valence-electron chi connectivity index (χ3n) is 6.18. The molecule has 35 heavy (non-hydrogen) atoms. The molecule has 3 aromatic heterocycles. The van der Waals surface area contributed by atoms with Crippen LogP contribution in [0.2, 0.25) is 5.02 Å². The van der Waals surface area contributed by atoms with Crippen LogP contribution >= 0.6 is 11.6 Å². The predicted molar refractivity (Wildman–Crippen MR) is 131 cm³/mol. The van der Waals surface area contributed by atoms with E-state index >= 15 is 0 Å². The molecule has 10 heteroatoms. The monoisotopic (exact) mass is 495 g/mol. The molecule has 1 aliphatic heterocycles. The highest BCUT2D eigenvalue weighted by Gasteiger charge is 2.26. The maximum atomic E-state index is 15.0. The summed E-state index contributed by atoms with van der Waals surface area (Å²) in [6, 6.07) is 8.07. The van der Waals surface area contributed by atoms with Crippen molar-refractivity contribution in [2.75, 3.05) is 31.7 Å². The topological polar surface area (TPSA) is 81.9 Å². The number of nitrogens with zero attached hydrogens (tertiary/aromatic N) is 5. The maximum absolute atomic E-state index is 15.0. The lowest BCUT2D eigenvalue weighted by atomic mass is 10.1. The van der Waals surface area contributed by atoms with Crippen LogP contribution in [0.1, 0.15) is 22.9 Å². The summed E-state index contributed by atoms with van der Waals surface area (Å²) < 4.78 is 27.7. The normalized spacial score (nSPS) is 16.0. The van der Waals surface area contributed by atoms with E-state index in [2.05, 4.69) is 9.97 Å². The number of halogens is 2. The van der Waals surface area contributed by atoms with Gasteiger partial charge in [0.15, 0.2) is 5.65 Å². The van der Waals surface area contributed by atoms with Gasteiger partial charge in [-0.05, 0) is 43.7 Å². The van der Waals surface area contributed by atoms with Crippen LogP contribution in [0.15, 0.2) is 47.5 Å². The van der Waals surface area contributed by atoms with Gasteiger partial charge in [0.05, 0.1) is 19.9 Å². The molecule has 0 aliphatic carbocycles. The van der Waals surface area contributed by atoms with Crippen molar-refractivity contribution < 1.29 is 13.9 Å². The van der Waals surface area contributed by atoms with E-state index in [1.165, 1.54) is 10.5 Å². The molecule has 0 saturated carbocycles. The smallest absolute Gasteiger partial charge is 0.261 e. The fourth-order valence-corrected chi connectivity index (χ4v) is 4.29. The molecule has 4 heterocycles. The third-order valence-corrected chi connectivity index (χ3v) is 6.42. The van der Waals surface area contributed by atoms with Crippen LogP contribution in [-0.4, -0.2) is 46.2 Å². The lowest BCUT2D eigenvalue weighted by Gasteiger charge is -2.34. The lowest BCUT2D eigenvalue weighted by Crippen LogP contribution is -2.39. The fourth-order valence-electron chi connectivity index (χ4n) is 4.13. The molecule has 180 valence electrons. The van der Waals surface area contributed by atoms with Gasteiger partial charge in [0.25, 0.3) is 5.56 Å². The first-order chi connectivity index (χ1) is 16.9. The van der Waals surface area contributed by atoms with E-state index in [-0.39, 0.29) is 33.6 Å². The lowest BCUT2D eigenvalue weighted by molar-refractivity contribution is 0.0393. The second-order valence-corrected chi connectivity index (χ2v) is 8.77. The number of aryl methyl sites for hydroxylation is 1. The van der Waals surface area contributed by atoms with Gasteiger partial charge >= 0.3 is 0 Å². The second-order valence-electron chi connectivity index (χ2n) is 8.33. The number of morpholine rings is 1. The largest absolute Gasteiger partial charge is 0.481 e. The van der Waals surface area contributed by atoms with Crippen molar-refractivity contribution in [2.45, 2.75) is 20.0 Å². The Hall–Kier alpha value is -3.56. The Morgan fingerprint density at radius 1 is 1.20 bits per heavy atom. The van der Waals surface area contributed by atoms with Gasteiger partial charge in [-0.25, -0.2) is 19.3 Å². The van der Waals surface area contributed by atoms with E-state index in [1.807, 2.05) is 17.0 Å². The molecule has 0 spiro atoms. The van der Waals surface area contributed by atoms with E-state index in [1.54, 1.807) is 45.5 Å². The number of rotatable bonds is 4. The first kappa shape index (κ1) is 23.2. The van der Waals surface area contributed by atoms with Crippen LogP contribution in [0.5, 0.6) is 5.88 Å². The van der Waals surface area contributed by atoms with Crippen LogP contribution < -0.4 is 15.2 Å². The Labute approximate surface area is 205 Å². The minimum Gasteiger partial charge on any atom is -0.481 e. The van der Waals surface area contributed by atoms with Crippen molar-refractivity contribution in [1.82, 2.24) is 19.4 Å². The minimum absolute atomic E-state index is 0.215. The van der Waals surface area contributed by atoms with Crippen molar-refractivity contribution in [3.8, 4) is 17.1 Å². The fraction of sp³-hybridized carbons (Fsp3) is 0.280. The maximum Gasteiger partial charge on any atom is 0.261 e. The quantitative estimate of drug-likeness (QED) is 0.420. The van der Waals surface area contributed by atoms with Gasteiger partial charge in [-0.3, -0.25) is 9.20 Å². The number of hydrogen-bond donors (Lipinski definition) is 0. The summed E-state index contributed by atoms with van der Waals surface area (Å²) in [5, 5.41) is 0.271. The third kappa shape index (κ3) is 4.33. The number of fused-ring (bicyclic) bond motifs is 1. The zero-order chi connectivity index (χ0) is 24.7. The molecular weight excluding hydrogens is 473 g/mol. The number of benzene rings is 1. The molecule has 0 unspecified atom stereocenters. The molecule has 0 amide bonds. The average molecular weight is 496 g/mol. The molecule has 1 aromatic carbocycles. The molecule has 4 aromatic rings. The van der Waals surface area contributed by atoms with Gasteiger partial charge in [-0.15, -0.1) is 0 Å². The first-order valence-electron chi connectivity index (χ1n) is 11.1. The van der Waals surface area contributed by atoms with Crippen molar-refractivity contribution in [1.29, 1.82) is 0 Å². The van der Waals surface area contributed by atoms with Crippen molar-refractivity contribution in [3.05, 3.63) is 80.7 Å². The van der Waals surface area contributed by atoms with E-state index in [0.29, 0.717) is 42.7 Å². The second kappa shape index (κ2) is 9.24. The molecule has 1 saturated heterocycles. The van der Waals surface area contributed by atoms with Crippen LogP contribution in [0.3, 0.4) is 0 Å². The predicted octanol–water partition coefficient (Wildman–Crippen LogP) is 4.15. The van der Waals surface area contributed by atoms with Gasteiger partial charge in [-0.2, -0.15) is 0 Å². The van der Waals surface area contributed by atoms with Gasteiger partial charge < -0.3 is 14.4 Å². The SMILES string of the molecule is COc1cc([C@@H]2CN(c3cn4c(=O)c(C)c(C)nc4c(-c4ccc(Cl)cc4F)n3)CCO2)ccn1. The van der Waals surface area contributed by atoms with E-state index in [4.69, 9.17) is 26.1 Å². The summed E-state index contributed by atoms with van der Waals surface area (Å²) in [6.07, 6.45) is 3.07. The highest BCUT2D eigenvalue weighted by molar-refractivity contribution is 6.30. The van der Waals surface area contributed by atoms with Gasteiger partial charge in [0.1, 0.15) is 23.4 Å². The highest BCUT2D eigenvalue weighted by atomic mass is 35.5. The Balaban J connectivity index is 1.64. The molecule has 0 N–H and O–H groups in total. The molecular formula is C25H23ClFN5O3. The summed E-state index contributed by atoms with van der Waals surface area (Å²) in [6.45, 7) is 4.94. The molecule has 8 nitrogen and oxygen atoms in total. The summed E-state index contributed by atoms with van der Waals surface area (Å²) in [4.78, 5) is 28.7. The molecule has 1 fully saturated rings. The Morgan fingerprint density at radius 3 is 2.80 bits per heavy atom. The molecule has 1 aliphatic rings. The molecule has 0 bridgehead atoms. The van der Waals surface area contributed by atoms with Gasteiger partial charge in [0, 0.05) is 47.2 Å². The van der Waals surface area contributed by atoms with Crippen LogP contribution in [0.4, 0.5) is 10.2 Å². The summed E-state index contributed by atoms with van der Waals surface area (Å²) in [5.74, 6) is 0.472. The number of aromatic nitrogens is 4. The van der Waals surface area contributed by atoms with Crippen molar-refractivity contribution >= 4 is 23.1 Å². The Bertz CT molecular complexity index is 1490. The Kier molecular flexibility index (Phi) is 6.12. The van der Waals surface area contributed by atoms with Gasteiger partial charge in [0.2, 0.25) is 5.88 Å². The summed E-state index contributed by atoms with van der Waals surface area (Å²) >= 11 is 5.98. The molecule has 5 rings (SSSR count). The standard InChI is InChI=1S/C25H23ClFN5O3/c1-14-15(2)29-24-23(18-5-4-17(26)11-19(18)27)30-21(13-32(24)25(14)33)31-8-9-35-20(12-31)16-6-7-28-22(10-16)34-3/h4-7,10-11,13,20H,8-9,12H2,1-3H3/t20-/m0/s1. The highest BCUT2D eigenvalue weighted by Crippen LogP contribution is 2.31. The van der Waals surface area contributed by atoms with E-state index < -0.39 is 5.82 Å². The minimum atomic E-state index is -0.541. The zero-order valence-corrected chi connectivity index (χ0v) is 20.2. The summed E-state index contributed by atoms with van der Waals surface area (Å²) in [5.41, 5.74) is 2.54. The molecule has 1 atom stereocenters. The van der Waals surface area contributed by atoms with Crippen LogP contribution in [0, 0.1) is 19.7 Å². The van der Waals surface area contributed by atoms with Crippen molar-refractivity contribution in [2.24, 2.45) is 0 Å². The van der Waals surface area contributed by atoms with E-state index in [0.717, 1.165) is 5.56 Å². The Morgan fingerprint density at radius 2 is 2.03 bits per heavy atom. The average Bonchev–Trinajstić information content (AvgIpc) is 2.87. The van der Waals surface area contributed by atoms with Crippen LogP contribution in [0.25, 0.3) is 16.9 Å². The number of ether oxygens (including phenoxy) is 2. The summed E-state index contributed by atoms with van der Waals surface area (Å²) in [7, 11) is 1.56. The zero-order valence-electron chi connectivity index (χ0n) is 19.5. The number of pyridine rings is 1. The number of methoxy groups -OCH3 is 1. The first-order valence-corrected chi connectivity index (χ1v) is 11.5. The number of anilines is 1.